The Labute approximate surface area is 201 Å². The number of nitrogens with zero attached hydrogens (tertiary/aromatic N) is 1. The van der Waals surface area contributed by atoms with E-state index in [1.807, 2.05) is 49.4 Å². The summed E-state index contributed by atoms with van der Waals surface area (Å²) in [6.07, 6.45) is 5.19. The molecule has 7 nitrogen and oxygen atoms in total. The first-order valence-electron chi connectivity index (χ1n) is 11.9. The highest BCUT2D eigenvalue weighted by atomic mass is 16.5. The summed E-state index contributed by atoms with van der Waals surface area (Å²) in [5.74, 6) is 0.895. The number of benzene rings is 2. The molecule has 0 unspecified atom stereocenters. The van der Waals surface area contributed by atoms with Gasteiger partial charge in [-0.3, -0.25) is 10.2 Å². The number of rotatable bonds is 14. The Morgan fingerprint density at radius 2 is 1.94 bits per heavy atom. The fourth-order valence-electron chi connectivity index (χ4n) is 3.84. The summed E-state index contributed by atoms with van der Waals surface area (Å²) in [5.41, 5.74) is 6.88. The van der Waals surface area contributed by atoms with Gasteiger partial charge in [0.05, 0.1) is 6.61 Å². The Morgan fingerprint density at radius 3 is 2.65 bits per heavy atom. The van der Waals surface area contributed by atoms with E-state index in [0.29, 0.717) is 37.6 Å². The number of hydrogen-bond donors (Lipinski definition) is 3. The van der Waals surface area contributed by atoms with Crippen LogP contribution in [0.5, 0.6) is 5.75 Å². The van der Waals surface area contributed by atoms with Crippen molar-refractivity contribution in [1.29, 1.82) is 0 Å². The van der Waals surface area contributed by atoms with Gasteiger partial charge in [-0.15, -0.1) is 6.58 Å². The molecule has 1 aliphatic rings. The van der Waals surface area contributed by atoms with Crippen molar-refractivity contribution in [2.75, 3.05) is 19.8 Å². The van der Waals surface area contributed by atoms with Crippen molar-refractivity contribution in [2.45, 2.75) is 50.7 Å². The Kier molecular flexibility index (Phi) is 9.67. The Hall–Kier alpha value is -3.16. The second-order valence-electron chi connectivity index (χ2n) is 8.37. The minimum atomic E-state index is -1.08. The summed E-state index contributed by atoms with van der Waals surface area (Å²) in [5, 5.41) is 8.87. The number of aliphatic imine (C=N–C) groups is 1. The molecule has 0 fully saturated rings. The zero-order valence-corrected chi connectivity index (χ0v) is 19.8. The van der Waals surface area contributed by atoms with Gasteiger partial charge < -0.3 is 14.6 Å². The quantitative estimate of drug-likeness (QED) is 0.225. The molecule has 0 bridgehead atoms. The molecule has 3 rings (SSSR count). The Balaban J connectivity index is 1.55. The van der Waals surface area contributed by atoms with Gasteiger partial charge in [0.2, 0.25) is 5.90 Å². The lowest BCUT2D eigenvalue weighted by atomic mass is 9.90. The number of hydrazine groups is 1. The number of carbonyl (C=O) groups excluding carboxylic acids is 1. The zero-order chi connectivity index (χ0) is 24.2. The highest BCUT2D eigenvalue weighted by Crippen LogP contribution is 2.32. The van der Waals surface area contributed by atoms with E-state index in [9.17, 15) is 4.79 Å². The Bertz CT molecular complexity index is 946. The third kappa shape index (κ3) is 6.68. The van der Waals surface area contributed by atoms with Crippen LogP contribution in [-0.2, 0) is 16.0 Å². The van der Waals surface area contributed by atoms with Crippen LogP contribution in [0.15, 0.2) is 72.2 Å². The summed E-state index contributed by atoms with van der Waals surface area (Å²) in [4.78, 5) is 17.9. The SMILES string of the molecule is C=CC[C@]1(C(=O)NNCCCCc2ccccc2)N=C(c2ccc(OCCCO)cc2)O[C@H]1C. The lowest BCUT2D eigenvalue weighted by Gasteiger charge is -2.26. The van der Waals surface area contributed by atoms with Crippen LogP contribution in [0.1, 0.15) is 43.7 Å². The second kappa shape index (κ2) is 12.9. The average molecular weight is 466 g/mol. The summed E-state index contributed by atoms with van der Waals surface area (Å²) >= 11 is 0. The molecule has 2 aromatic carbocycles. The van der Waals surface area contributed by atoms with Gasteiger partial charge in [0.1, 0.15) is 11.9 Å². The molecule has 2 atom stereocenters. The maximum absolute atomic E-state index is 13.2. The first-order chi connectivity index (χ1) is 16.6. The molecule has 34 heavy (non-hydrogen) atoms. The van der Waals surface area contributed by atoms with E-state index in [4.69, 9.17) is 19.6 Å². The van der Waals surface area contributed by atoms with Gasteiger partial charge in [-0.1, -0.05) is 36.4 Å². The highest BCUT2D eigenvalue weighted by Gasteiger charge is 2.49. The van der Waals surface area contributed by atoms with E-state index in [0.717, 1.165) is 24.8 Å². The number of nitrogens with one attached hydrogen (secondary N) is 2. The fraction of sp³-hybridized carbons (Fsp3) is 0.407. The maximum Gasteiger partial charge on any atom is 0.266 e. The fourth-order valence-corrected chi connectivity index (χ4v) is 3.84. The molecule has 1 heterocycles. The van der Waals surface area contributed by atoms with E-state index in [1.165, 1.54) is 5.56 Å². The van der Waals surface area contributed by atoms with E-state index in [1.54, 1.807) is 6.08 Å². The van der Waals surface area contributed by atoms with Crippen molar-refractivity contribution in [3.05, 3.63) is 78.4 Å². The molecular formula is C27H35N3O4. The average Bonchev–Trinajstić information content (AvgIpc) is 3.19. The first-order valence-corrected chi connectivity index (χ1v) is 11.9. The number of hydrogen-bond acceptors (Lipinski definition) is 6. The predicted octanol–water partition coefficient (Wildman–Crippen LogP) is 3.57. The van der Waals surface area contributed by atoms with Gasteiger partial charge >= 0.3 is 0 Å². The van der Waals surface area contributed by atoms with Gasteiger partial charge in [0.25, 0.3) is 5.91 Å². The van der Waals surface area contributed by atoms with Gasteiger partial charge in [-0.25, -0.2) is 10.4 Å². The molecular weight excluding hydrogens is 430 g/mol. The van der Waals surface area contributed by atoms with Crippen LogP contribution < -0.4 is 15.6 Å². The molecule has 182 valence electrons. The number of carbonyl (C=O) groups is 1. The van der Waals surface area contributed by atoms with E-state index < -0.39 is 11.6 Å². The van der Waals surface area contributed by atoms with Gasteiger partial charge in [0, 0.05) is 31.6 Å². The maximum atomic E-state index is 13.2. The molecule has 1 amide bonds. The first kappa shape index (κ1) is 25.5. The van der Waals surface area contributed by atoms with E-state index in [-0.39, 0.29) is 12.5 Å². The summed E-state index contributed by atoms with van der Waals surface area (Å²) in [7, 11) is 0. The summed E-state index contributed by atoms with van der Waals surface area (Å²) in [6, 6.07) is 17.7. The summed E-state index contributed by atoms with van der Waals surface area (Å²) < 4.78 is 11.6. The van der Waals surface area contributed by atoms with Crippen LogP contribution in [0.3, 0.4) is 0 Å². The molecule has 0 saturated heterocycles. The smallest absolute Gasteiger partial charge is 0.266 e. The third-order valence-corrected chi connectivity index (χ3v) is 5.85. The molecule has 0 aromatic heterocycles. The Morgan fingerprint density at radius 1 is 1.18 bits per heavy atom. The normalized spacial score (nSPS) is 19.2. The van der Waals surface area contributed by atoms with Crippen molar-refractivity contribution in [1.82, 2.24) is 10.9 Å². The molecule has 0 aliphatic carbocycles. The van der Waals surface area contributed by atoms with E-state index >= 15 is 0 Å². The van der Waals surface area contributed by atoms with Crippen LogP contribution in [0.4, 0.5) is 0 Å². The van der Waals surface area contributed by atoms with Crippen LogP contribution in [0.2, 0.25) is 0 Å². The van der Waals surface area contributed by atoms with Crippen molar-refractivity contribution >= 4 is 11.8 Å². The molecule has 3 N–H and O–H groups in total. The molecule has 0 spiro atoms. The minimum absolute atomic E-state index is 0.0939. The number of aliphatic hydroxyl groups excluding tert-OH is 1. The minimum Gasteiger partial charge on any atom is -0.494 e. The second-order valence-corrected chi connectivity index (χ2v) is 8.37. The van der Waals surface area contributed by atoms with Crippen LogP contribution in [-0.4, -0.2) is 48.3 Å². The molecule has 7 heteroatoms. The monoisotopic (exact) mass is 465 g/mol. The topological polar surface area (TPSA) is 92.2 Å². The van der Waals surface area contributed by atoms with Crippen molar-refractivity contribution in [3.8, 4) is 5.75 Å². The summed E-state index contributed by atoms with van der Waals surface area (Å²) in [6.45, 7) is 6.89. The lowest BCUT2D eigenvalue weighted by Crippen LogP contribution is -2.54. The number of unbranched alkanes of at least 4 members (excludes halogenated alkanes) is 1. The van der Waals surface area contributed by atoms with Crippen LogP contribution >= 0.6 is 0 Å². The largest absolute Gasteiger partial charge is 0.494 e. The molecule has 0 radical (unpaired) electrons. The predicted molar refractivity (Wildman–Crippen MR) is 134 cm³/mol. The zero-order valence-electron chi connectivity index (χ0n) is 19.8. The van der Waals surface area contributed by atoms with E-state index in [2.05, 4.69) is 29.6 Å². The molecule has 1 aliphatic heterocycles. The van der Waals surface area contributed by atoms with Crippen molar-refractivity contribution in [3.63, 3.8) is 0 Å². The lowest BCUT2D eigenvalue weighted by molar-refractivity contribution is -0.129. The van der Waals surface area contributed by atoms with Gasteiger partial charge in [0.15, 0.2) is 5.54 Å². The highest BCUT2D eigenvalue weighted by molar-refractivity contribution is 6.00. The standard InChI is InChI=1S/C27H35N3O4/c1-3-17-27(26(32)30-28-18-8-7-12-22-10-5-4-6-11-22)21(2)34-25(29-27)23-13-15-24(16-14-23)33-20-9-19-31/h3-6,10-11,13-16,21,28,31H,1,7-9,12,17-20H2,2H3,(H,30,32)/t21-,27-/m0/s1. The number of ether oxygens (including phenoxy) is 2. The molecule has 2 aromatic rings. The van der Waals surface area contributed by atoms with Crippen molar-refractivity contribution in [2.24, 2.45) is 4.99 Å². The van der Waals surface area contributed by atoms with Gasteiger partial charge in [-0.05, 0) is 56.0 Å². The van der Waals surface area contributed by atoms with Crippen molar-refractivity contribution < 1.29 is 19.4 Å². The molecule has 0 saturated carbocycles. The van der Waals surface area contributed by atoms with Gasteiger partial charge in [-0.2, -0.15) is 0 Å². The number of aryl methyl sites for hydroxylation is 1. The third-order valence-electron chi connectivity index (χ3n) is 5.85. The van der Waals surface area contributed by atoms with Crippen LogP contribution in [0.25, 0.3) is 0 Å². The number of amides is 1. The van der Waals surface area contributed by atoms with Crippen LogP contribution in [0, 0.1) is 0 Å². The number of aliphatic hydroxyl groups is 1.